The lowest BCUT2D eigenvalue weighted by Crippen LogP contribution is -2.22. The van der Waals surface area contributed by atoms with Crippen LogP contribution in [-0.2, 0) is 6.54 Å². The summed E-state index contributed by atoms with van der Waals surface area (Å²) < 4.78 is 11.5. The van der Waals surface area contributed by atoms with Crippen LogP contribution in [0.15, 0.2) is 40.9 Å². The van der Waals surface area contributed by atoms with Gasteiger partial charge in [0, 0.05) is 17.1 Å². The normalized spacial score (nSPS) is 10.3. The van der Waals surface area contributed by atoms with E-state index < -0.39 is 0 Å². The van der Waals surface area contributed by atoms with Crippen molar-refractivity contribution in [1.82, 2.24) is 5.32 Å². The van der Waals surface area contributed by atoms with Crippen LogP contribution in [0.3, 0.4) is 0 Å². The van der Waals surface area contributed by atoms with E-state index in [0.29, 0.717) is 39.7 Å². The van der Waals surface area contributed by atoms with E-state index in [1.807, 2.05) is 19.1 Å². The number of nitrogens with one attached hydrogen (secondary N) is 1. The van der Waals surface area contributed by atoms with Crippen LogP contribution in [0.5, 0.6) is 11.5 Å². The predicted octanol–water partition coefficient (Wildman–Crippen LogP) is 4.44. The third-order valence-electron chi connectivity index (χ3n) is 3.15. The largest absolute Gasteiger partial charge is 0.493 e. The summed E-state index contributed by atoms with van der Waals surface area (Å²) in [6.07, 6.45) is 0. The summed E-state index contributed by atoms with van der Waals surface area (Å²) >= 11 is 9.26. The molecule has 0 saturated carbocycles. The fourth-order valence-electron chi connectivity index (χ4n) is 2.02. The van der Waals surface area contributed by atoms with E-state index >= 15 is 0 Å². The zero-order valence-electron chi connectivity index (χ0n) is 12.9. The molecule has 122 valence electrons. The summed E-state index contributed by atoms with van der Waals surface area (Å²) in [5, 5.41) is 3.53. The molecule has 0 bridgehead atoms. The molecule has 2 rings (SSSR count). The molecule has 23 heavy (non-hydrogen) atoms. The second kappa shape index (κ2) is 8.22. The SMILES string of the molecule is CCOc1c(Br)cc(C(=O)NCc2ccc(Cl)cc2)cc1OC. The highest BCUT2D eigenvalue weighted by molar-refractivity contribution is 9.10. The highest BCUT2D eigenvalue weighted by Gasteiger charge is 2.15. The monoisotopic (exact) mass is 397 g/mol. The maximum atomic E-state index is 12.3. The lowest BCUT2D eigenvalue weighted by atomic mass is 10.1. The fraction of sp³-hybridized carbons (Fsp3) is 0.235. The van der Waals surface area contributed by atoms with E-state index in [4.69, 9.17) is 21.1 Å². The first-order chi connectivity index (χ1) is 11.0. The van der Waals surface area contributed by atoms with Gasteiger partial charge in [-0.3, -0.25) is 4.79 Å². The Hall–Kier alpha value is -1.72. The Morgan fingerprint density at radius 2 is 1.96 bits per heavy atom. The molecule has 4 nitrogen and oxygen atoms in total. The first-order valence-electron chi connectivity index (χ1n) is 7.08. The molecule has 0 saturated heterocycles. The Morgan fingerprint density at radius 3 is 2.57 bits per heavy atom. The van der Waals surface area contributed by atoms with Crippen LogP contribution in [0.1, 0.15) is 22.8 Å². The minimum Gasteiger partial charge on any atom is -0.493 e. The van der Waals surface area contributed by atoms with E-state index in [-0.39, 0.29) is 5.91 Å². The van der Waals surface area contributed by atoms with Crippen molar-refractivity contribution in [2.24, 2.45) is 0 Å². The summed E-state index contributed by atoms with van der Waals surface area (Å²) in [4.78, 5) is 12.3. The van der Waals surface area contributed by atoms with Crippen LogP contribution in [0.25, 0.3) is 0 Å². The van der Waals surface area contributed by atoms with Gasteiger partial charge in [-0.2, -0.15) is 0 Å². The number of methoxy groups -OCH3 is 1. The van der Waals surface area contributed by atoms with Crippen molar-refractivity contribution in [1.29, 1.82) is 0 Å². The van der Waals surface area contributed by atoms with Gasteiger partial charge in [0.15, 0.2) is 11.5 Å². The molecule has 2 aromatic carbocycles. The maximum absolute atomic E-state index is 12.3. The maximum Gasteiger partial charge on any atom is 0.251 e. The molecule has 0 spiro atoms. The van der Waals surface area contributed by atoms with Crippen LogP contribution >= 0.6 is 27.5 Å². The van der Waals surface area contributed by atoms with Crippen molar-refractivity contribution in [3.63, 3.8) is 0 Å². The van der Waals surface area contributed by atoms with E-state index in [2.05, 4.69) is 21.2 Å². The number of rotatable bonds is 6. The van der Waals surface area contributed by atoms with Gasteiger partial charge in [-0.25, -0.2) is 0 Å². The van der Waals surface area contributed by atoms with E-state index in [9.17, 15) is 4.79 Å². The molecule has 0 fully saturated rings. The van der Waals surface area contributed by atoms with Crippen LogP contribution in [-0.4, -0.2) is 19.6 Å². The topological polar surface area (TPSA) is 47.6 Å². The van der Waals surface area contributed by atoms with Crippen molar-refractivity contribution in [2.75, 3.05) is 13.7 Å². The average Bonchev–Trinajstić information content (AvgIpc) is 2.55. The number of carbonyl (C=O) groups is 1. The molecule has 0 aromatic heterocycles. The Kier molecular flexibility index (Phi) is 6.30. The van der Waals surface area contributed by atoms with Gasteiger partial charge in [-0.15, -0.1) is 0 Å². The van der Waals surface area contributed by atoms with Gasteiger partial charge in [-0.05, 0) is 52.7 Å². The number of halogens is 2. The minimum absolute atomic E-state index is 0.193. The Balaban J connectivity index is 2.12. The Labute approximate surface area is 148 Å². The molecule has 0 aliphatic rings. The molecular weight excluding hydrogens is 382 g/mol. The number of carbonyl (C=O) groups excluding carboxylic acids is 1. The average molecular weight is 399 g/mol. The molecule has 0 radical (unpaired) electrons. The minimum atomic E-state index is -0.193. The van der Waals surface area contributed by atoms with Gasteiger partial charge in [0.05, 0.1) is 18.2 Å². The Morgan fingerprint density at radius 1 is 1.26 bits per heavy atom. The molecular formula is C17H17BrClNO3. The van der Waals surface area contributed by atoms with Crippen molar-refractivity contribution in [3.05, 3.63) is 57.0 Å². The van der Waals surface area contributed by atoms with Crippen LogP contribution in [0.4, 0.5) is 0 Å². The van der Waals surface area contributed by atoms with Crippen LogP contribution in [0, 0.1) is 0 Å². The second-order valence-electron chi connectivity index (χ2n) is 4.73. The van der Waals surface area contributed by atoms with E-state index in [1.165, 1.54) is 0 Å². The van der Waals surface area contributed by atoms with Gasteiger partial charge in [0.25, 0.3) is 5.91 Å². The molecule has 1 amide bonds. The highest BCUT2D eigenvalue weighted by atomic mass is 79.9. The lowest BCUT2D eigenvalue weighted by molar-refractivity contribution is 0.0950. The van der Waals surface area contributed by atoms with Crippen molar-refractivity contribution < 1.29 is 14.3 Å². The zero-order chi connectivity index (χ0) is 16.8. The fourth-order valence-corrected chi connectivity index (χ4v) is 2.70. The number of hydrogen-bond acceptors (Lipinski definition) is 3. The summed E-state index contributed by atoms with van der Waals surface area (Å²) in [7, 11) is 1.54. The van der Waals surface area contributed by atoms with Gasteiger partial charge < -0.3 is 14.8 Å². The summed E-state index contributed by atoms with van der Waals surface area (Å²) in [6, 6.07) is 10.7. The molecule has 6 heteroatoms. The first-order valence-corrected chi connectivity index (χ1v) is 8.25. The van der Waals surface area contributed by atoms with E-state index in [0.717, 1.165) is 5.56 Å². The number of ether oxygens (including phenoxy) is 2. The molecule has 0 aliphatic carbocycles. The van der Waals surface area contributed by atoms with Crippen molar-refractivity contribution >= 4 is 33.4 Å². The van der Waals surface area contributed by atoms with Gasteiger partial charge >= 0.3 is 0 Å². The van der Waals surface area contributed by atoms with Gasteiger partial charge in [0.2, 0.25) is 0 Å². The number of benzene rings is 2. The molecule has 0 heterocycles. The molecule has 0 atom stereocenters. The number of amides is 1. The Bertz CT molecular complexity index is 689. The predicted molar refractivity (Wildman–Crippen MR) is 94.5 cm³/mol. The van der Waals surface area contributed by atoms with Crippen LogP contribution in [0.2, 0.25) is 5.02 Å². The third-order valence-corrected chi connectivity index (χ3v) is 3.99. The molecule has 0 unspecified atom stereocenters. The molecule has 2 aromatic rings. The standard InChI is InChI=1S/C17H17BrClNO3/c1-3-23-16-14(18)8-12(9-15(16)22-2)17(21)20-10-11-4-6-13(19)7-5-11/h4-9H,3,10H2,1-2H3,(H,20,21). The first kappa shape index (κ1) is 17.6. The zero-order valence-corrected chi connectivity index (χ0v) is 15.2. The number of hydrogen-bond donors (Lipinski definition) is 1. The quantitative estimate of drug-likeness (QED) is 0.782. The highest BCUT2D eigenvalue weighted by Crippen LogP contribution is 2.36. The van der Waals surface area contributed by atoms with Gasteiger partial charge in [-0.1, -0.05) is 23.7 Å². The lowest BCUT2D eigenvalue weighted by Gasteiger charge is -2.13. The summed E-state index contributed by atoms with van der Waals surface area (Å²) in [6.45, 7) is 2.82. The third kappa shape index (κ3) is 4.62. The van der Waals surface area contributed by atoms with Gasteiger partial charge in [0.1, 0.15) is 0 Å². The summed E-state index contributed by atoms with van der Waals surface area (Å²) in [5.41, 5.74) is 1.46. The van der Waals surface area contributed by atoms with Crippen molar-refractivity contribution in [2.45, 2.75) is 13.5 Å². The smallest absolute Gasteiger partial charge is 0.251 e. The van der Waals surface area contributed by atoms with Crippen molar-refractivity contribution in [3.8, 4) is 11.5 Å². The molecule has 0 aliphatic heterocycles. The summed E-state index contributed by atoms with van der Waals surface area (Å²) in [5.74, 6) is 0.907. The second-order valence-corrected chi connectivity index (χ2v) is 6.02. The molecule has 1 N–H and O–H groups in total. The van der Waals surface area contributed by atoms with Crippen LogP contribution < -0.4 is 14.8 Å². The van der Waals surface area contributed by atoms with E-state index in [1.54, 1.807) is 31.4 Å².